The topological polar surface area (TPSA) is 160 Å². The molecule has 0 unspecified atom stereocenters. The van der Waals surface area contributed by atoms with Crippen LogP contribution in [0, 0.1) is 11.8 Å². The molecule has 2 aromatic carbocycles. The first-order valence-corrected chi connectivity index (χ1v) is 22.4. The molecule has 2 fully saturated rings. The Morgan fingerprint density at radius 3 is 2.52 bits per heavy atom. The lowest BCUT2D eigenvalue weighted by atomic mass is 9.95. The largest absolute Gasteiger partial charge is 0.461 e. The lowest BCUT2D eigenvalue weighted by Gasteiger charge is -2.37. The van der Waals surface area contributed by atoms with Crippen molar-refractivity contribution in [3.63, 3.8) is 0 Å². The third-order valence-corrected chi connectivity index (χ3v) is 13.0. The van der Waals surface area contributed by atoms with E-state index in [9.17, 15) is 37.1 Å². The Balaban J connectivity index is 1.31. The number of carbonyl (C=O) groups excluding carboxylic acids is 5. The number of cyclic esters (lactones) is 1. The van der Waals surface area contributed by atoms with Gasteiger partial charge >= 0.3 is 12.1 Å². The van der Waals surface area contributed by atoms with Gasteiger partial charge in [0.15, 0.2) is 0 Å². The molecule has 0 aliphatic carbocycles. The molecular weight excluding hydrogens is 858 g/mol. The minimum Gasteiger partial charge on any atom is -0.461 e. The number of halogens is 3. The number of rotatable bonds is 10. The van der Waals surface area contributed by atoms with Gasteiger partial charge in [-0.15, -0.1) is 0 Å². The van der Waals surface area contributed by atoms with Gasteiger partial charge in [-0.1, -0.05) is 50.8 Å². The summed E-state index contributed by atoms with van der Waals surface area (Å²) < 4.78 is 58.3. The van der Waals surface area contributed by atoms with E-state index >= 15 is 0 Å². The van der Waals surface area contributed by atoms with Crippen molar-refractivity contribution in [3.8, 4) is 22.4 Å². The number of aromatic nitrogens is 3. The molecule has 4 aromatic rings. The van der Waals surface area contributed by atoms with Crippen molar-refractivity contribution in [2.45, 2.75) is 103 Å². The molecule has 18 heteroatoms. The van der Waals surface area contributed by atoms with E-state index in [1.54, 1.807) is 49.7 Å². The number of carbonyl (C=O) groups is 5. The molecule has 66 heavy (non-hydrogen) atoms. The second kappa shape index (κ2) is 19.5. The van der Waals surface area contributed by atoms with Crippen LogP contribution >= 0.6 is 0 Å². The predicted octanol–water partition coefficient (Wildman–Crippen LogP) is 5.51. The summed E-state index contributed by atoms with van der Waals surface area (Å²) in [4.78, 5) is 72.1. The van der Waals surface area contributed by atoms with E-state index in [0.29, 0.717) is 70.2 Å². The molecule has 7 rings (SSSR count). The number of aryl methyl sites for hydroxylation is 1. The average molecular weight is 917 g/mol. The van der Waals surface area contributed by atoms with Crippen molar-refractivity contribution < 1.29 is 46.6 Å². The molecule has 5 heterocycles. The molecule has 6 bridgehead atoms. The summed E-state index contributed by atoms with van der Waals surface area (Å²) in [6.07, 6.45) is -1.95. The number of hydrogen-bond donors (Lipinski definition) is 2. The zero-order valence-corrected chi connectivity index (χ0v) is 38.5. The first kappa shape index (κ1) is 47.9. The van der Waals surface area contributed by atoms with Gasteiger partial charge in [0.2, 0.25) is 17.7 Å². The number of fused-ring (bicyclic) bond motifs is 6. The highest BCUT2D eigenvalue weighted by atomic mass is 19.4. The molecule has 2 aromatic heterocycles. The van der Waals surface area contributed by atoms with E-state index in [0.717, 1.165) is 0 Å². The summed E-state index contributed by atoms with van der Waals surface area (Å²) in [5.41, 5.74) is 7.27. The Morgan fingerprint density at radius 2 is 1.82 bits per heavy atom. The average Bonchev–Trinajstić information content (AvgIpc) is 4.00. The number of nitrogens with one attached hydrogen (secondary N) is 2. The highest BCUT2D eigenvalue weighted by molar-refractivity contribution is 5.96. The van der Waals surface area contributed by atoms with Crippen LogP contribution in [0.3, 0.4) is 0 Å². The van der Waals surface area contributed by atoms with Crippen LogP contribution in [0.2, 0.25) is 0 Å². The highest BCUT2D eigenvalue weighted by Crippen LogP contribution is 2.42. The normalized spacial score (nSPS) is 21.4. The number of esters is 1. The second-order valence-corrected chi connectivity index (χ2v) is 18.0. The van der Waals surface area contributed by atoms with Crippen LogP contribution in [-0.4, -0.2) is 123 Å². The zero-order valence-electron chi connectivity index (χ0n) is 38.5. The van der Waals surface area contributed by atoms with Crippen LogP contribution in [0.25, 0.3) is 33.3 Å². The predicted molar refractivity (Wildman–Crippen MR) is 240 cm³/mol. The molecule has 2 N–H and O–H groups in total. The summed E-state index contributed by atoms with van der Waals surface area (Å²) >= 11 is 0. The summed E-state index contributed by atoms with van der Waals surface area (Å²) in [7, 11) is 4.78. The van der Waals surface area contributed by atoms with E-state index < -0.39 is 66.8 Å². The Bertz CT molecular complexity index is 2520. The Morgan fingerprint density at radius 1 is 1.08 bits per heavy atom. The van der Waals surface area contributed by atoms with E-state index in [2.05, 4.69) is 22.4 Å². The maximum Gasteiger partial charge on any atom is 0.406 e. The lowest BCUT2D eigenvalue weighted by molar-refractivity contribution is -0.156. The molecular formula is C48H59F3N8O7. The molecule has 0 radical (unpaired) electrons. The van der Waals surface area contributed by atoms with Crippen LogP contribution in [-0.2, 0) is 59.9 Å². The van der Waals surface area contributed by atoms with E-state index in [1.165, 1.54) is 33.9 Å². The number of amides is 4. The summed E-state index contributed by atoms with van der Waals surface area (Å²) in [6, 6.07) is 9.56. The van der Waals surface area contributed by atoms with Gasteiger partial charge in [-0.05, 0) is 79.5 Å². The Kier molecular flexibility index (Phi) is 14.1. The molecule has 6 atom stereocenters. The third-order valence-electron chi connectivity index (χ3n) is 13.0. The molecule has 0 spiro atoms. The molecule has 3 aliphatic rings. The van der Waals surface area contributed by atoms with E-state index in [4.69, 9.17) is 9.47 Å². The minimum atomic E-state index is -4.60. The van der Waals surface area contributed by atoms with Crippen molar-refractivity contribution >= 4 is 40.5 Å². The van der Waals surface area contributed by atoms with Crippen molar-refractivity contribution in [2.24, 2.45) is 18.9 Å². The van der Waals surface area contributed by atoms with Crippen molar-refractivity contribution in [3.05, 3.63) is 78.1 Å². The quantitative estimate of drug-likeness (QED) is 0.155. The lowest BCUT2D eigenvalue weighted by Crippen LogP contribution is -2.62. The Hall–Kier alpha value is -6.01. The monoisotopic (exact) mass is 916 g/mol. The number of hydrogen-bond acceptors (Lipinski definition) is 9. The van der Waals surface area contributed by atoms with Crippen LogP contribution < -0.4 is 10.7 Å². The summed E-state index contributed by atoms with van der Waals surface area (Å²) in [5, 5.41) is 9.28. The van der Waals surface area contributed by atoms with Gasteiger partial charge in [0, 0.05) is 70.1 Å². The number of benzene rings is 2. The fraction of sp³-hybridized carbons (Fsp3) is 0.500. The smallest absolute Gasteiger partial charge is 0.406 e. The van der Waals surface area contributed by atoms with Crippen LogP contribution in [0.15, 0.2) is 61.3 Å². The van der Waals surface area contributed by atoms with Crippen molar-refractivity contribution in [2.75, 3.05) is 33.8 Å². The molecule has 2 saturated heterocycles. The van der Waals surface area contributed by atoms with Crippen molar-refractivity contribution in [1.29, 1.82) is 0 Å². The van der Waals surface area contributed by atoms with Gasteiger partial charge in [-0.2, -0.15) is 18.3 Å². The number of likely N-dealkylation sites (N-methyl/N-ethyl adjacent to an activating group) is 1. The van der Waals surface area contributed by atoms with Gasteiger partial charge in [-0.25, -0.2) is 5.43 Å². The maximum atomic E-state index is 14.6. The molecule has 354 valence electrons. The zero-order chi connectivity index (χ0) is 47.8. The van der Waals surface area contributed by atoms with Gasteiger partial charge in [0.1, 0.15) is 30.8 Å². The standard InChI is InChI=1S/C48H59F3N8O7/c1-9-40(60)57-19-17-33(25-57)45(62)55(6)41(27(2)3)44(61)53-38-22-30-12-10-13-31(21-30)32-15-16-39-34(23-32)35(20-28(4)66-47(64)37-14-11-18-59(54-37)46(38)63)43(58(39)26-48(49,50)51)36-24-52-56(7)42(36)29(5)65-8/h9-10,12-13,15-16,21,23-24,27-29,33,37-38,41,54H,1,11,14,17-20,22,25-26H2,2-8H3,(H,53,61)/t28-,29-,33-,37-,38-,41-/m0/s1. The maximum absolute atomic E-state index is 14.6. The van der Waals surface area contributed by atoms with Crippen LogP contribution in [0.4, 0.5) is 13.2 Å². The first-order chi connectivity index (χ1) is 31.3. The number of alkyl halides is 3. The van der Waals surface area contributed by atoms with E-state index in [-0.39, 0.29) is 49.4 Å². The van der Waals surface area contributed by atoms with Gasteiger partial charge < -0.3 is 29.2 Å². The third kappa shape index (κ3) is 9.89. The number of likely N-dealkylation sites (tertiary alicyclic amines) is 1. The number of nitrogens with zero attached hydrogens (tertiary/aromatic N) is 6. The molecule has 3 aliphatic heterocycles. The number of ether oxygens (including phenoxy) is 2. The van der Waals surface area contributed by atoms with Crippen LogP contribution in [0.5, 0.6) is 0 Å². The minimum absolute atomic E-state index is 0.0214. The SMILES string of the molecule is C=CC(=O)N1CC[C@H](C(=O)N(C)[C@H](C(=O)N[C@H]2Cc3cccc(c3)-c3ccc4c(c3)c(c(-c3cnn(C)c3[C@H](C)OC)n4CC(F)(F)F)C[C@H](C)OC(=O)[C@@H]3CCCN(N3)C2=O)C(C)C)C1. The van der Waals surface area contributed by atoms with E-state index in [1.807, 2.05) is 44.2 Å². The number of methoxy groups -OCH3 is 1. The van der Waals surface area contributed by atoms with Gasteiger partial charge in [0.25, 0.3) is 5.91 Å². The number of hydrazine groups is 1. The summed E-state index contributed by atoms with van der Waals surface area (Å²) in [6.45, 7) is 10.2. The summed E-state index contributed by atoms with van der Waals surface area (Å²) in [5.74, 6) is -3.13. The highest BCUT2D eigenvalue weighted by Gasteiger charge is 2.40. The van der Waals surface area contributed by atoms with Gasteiger partial charge in [0.05, 0.1) is 29.6 Å². The van der Waals surface area contributed by atoms with Crippen LogP contribution in [0.1, 0.15) is 69.9 Å². The van der Waals surface area contributed by atoms with Crippen molar-refractivity contribution in [1.82, 2.24) is 39.9 Å². The Labute approximate surface area is 382 Å². The first-order valence-electron chi connectivity index (χ1n) is 22.4. The second-order valence-electron chi connectivity index (χ2n) is 18.0. The van der Waals surface area contributed by atoms with Gasteiger partial charge in [-0.3, -0.25) is 33.7 Å². The molecule has 4 amide bonds. The molecule has 0 saturated carbocycles. The molecule has 15 nitrogen and oxygen atoms in total. The fourth-order valence-electron chi connectivity index (χ4n) is 9.81. The fourth-order valence-corrected chi connectivity index (χ4v) is 9.81.